The van der Waals surface area contributed by atoms with Crippen LogP contribution in [0.5, 0.6) is 5.75 Å². The summed E-state index contributed by atoms with van der Waals surface area (Å²) in [5.41, 5.74) is 1.16. The Balaban J connectivity index is 1.81. The molecule has 5 heteroatoms. The van der Waals surface area contributed by atoms with Crippen molar-refractivity contribution in [1.82, 2.24) is 0 Å². The molecule has 138 valence electrons. The van der Waals surface area contributed by atoms with Gasteiger partial charge in [-0.3, -0.25) is 4.79 Å². The molecule has 1 aliphatic rings. The molecule has 0 heterocycles. The third-order valence-electron chi connectivity index (χ3n) is 4.99. The van der Waals surface area contributed by atoms with Crippen molar-refractivity contribution in [3.8, 4) is 5.75 Å². The van der Waals surface area contributed by atoms with Gasteiger partial charge in [0.1, 0.15) is 5.75 Å². The van der Waals surface area contributed by atoms with Gasteiger partial charge in [0.05, 0.1) is 12.0 Å². The Morgan fingerprint density at radius 2 is 1.77 bits per heavy atom. The maximum atomic E-state index is 13.3. The molecule has 1 fully saturated rings. The summed E-state index contributed by atoms with van der Waals surface area (Å²) < 4.78 is 5.56. The van der Waals surface area contributed by atoms with Crippen LogP contribution in [-0.2, 0) is 10.2 Å². The van der Waals surface area contributed by atoms with Crippen molar-refractivity contribution in [2.24, 2.45) is 0 Å². The molecule has 3 rings (SSSR count). The van der Waals surface area contributed by atoms with Crippen LogP contribution < -0.4 is 10.1 Å². The second kappa shape index (κ2) is 8.92. The van der Waals surface area contributed by atoms with Crippen LogP contribution in [0.25, 0.3) is 0 Å². The van der Waals surface area contributed by atoms with E-state index in [4.69, 9.17) is 16.3 Å². The lowest BCUT2D eigenvalue weighted by Gasteiger charge is -2.37. The number of ether oxygens (including phenoxy) is 1. The van der Waals surface area contributed by atoms with E-state index in [1.807, 2.05) is 48.5 Å². The van der Waals surface area contributed by atoms with Crippen molar-refractivity contribution in [2.75, 3.05) is 17.3 Å². The van der Waals surface area contributed by atoms with E-state index in [9.17, 15) is 4.79 Å². The molecular weight excluding hydrogens is 414 g/mol. The summed E-state index contributed by atoms with van der Waals surface area (Å²) in [6, 6.07) is 15.2. The highest BCUT2D eigenvalue weighted by Crippen LogP contribution is 2.43. The summed E-state index contributed by atoms with van der Waals surface area (Å²) in [4.78, 5) is 13.3. The highest BCUT2D eigenvalue weighted by molar-refractivity contribution is 9.09. The minimum absolute atomic E-state index is 0.0272. The van der Waals surface area contributed by atoms with Crippen molar-refractivity contribution in [2.45, 2.75) is 37.5 Å². The van der Waals surface area contributed by atoms with Gasteiger partial charge in [-0.05, 0) is 48.7 Å². The number of alkyl halides is 1. The zero-order valence-electron chi connectivity index (χ0n) is 14.6. The lowest BCUT2D eigenvalue weighted by atomic mass is 9.68. The highest BCUT2D eigenvalue weighted by Gasteiger charge is 2.42. The van der Waals surface area contributed by atoms with E-state index in [2.05, 4.69) is 21.2 Å². The minimum atomic E-state index is -0.554. The molecule has 0 radical (unpaired) electrons. The quantitative estimate of drug-likeness (QED) is 0.568. The number of nitrogens with one attached hydrogen (secondary N) is 1. The SMILES string of the molecule is O=C(Nc1ccc(OCCBr)cc1)C1(c2ccccc2Cl)CCCCC1. The third-order valence-corrected chi connectivity index (χ3v) is 5.64. The first-order valence-corrected chi connectivity index (χ1v) is 10.5. The van der Waals surface area contributed by atoms with Gasteiger partial charge in [0, 0.05) is 16.0 Å². The summed E-state index contributed by atoms with van der Waals surface area (Å²) in [5, 5.41) is 4.55. The van der Waals surface area contributed by atoms with Crippen LogP contribution >= 0.6 is 27.5 Å². The van der Waals surface area contributed by atoms with E-state index in [1.54, 1.807) is 0 Å². The molecule has 2 aromatic carbocycles. The molecule has 2 aromatic rings. The predicted octanol–water partition coefficient (Wildman–Crippen LogP) is 5.95. The Kier molecular flexibility index (Phi) is 6.60. The van der Waals surface area contributed by atoms with Crippen molar-refractivity contribution in [3.05, 3.63) is 59.1 Å². The number of carbonyl (C=O) groups is 1. The number of amides is 1. The third kappa shape index (κ3) is 4.24. The topological polar surface area (TPSA) is 38.3 Å². The van der Waals surface area contributed by atoms with Gasteiger partial charge in [0.2, 0.25) is 5.91 Å². The number of rotatable bonds is 6. The first kappa shape index (κ1) is 19.2. The number of halogens is 2. The van der Waals surface area contributed by atoms with Crippen LogP contribution in [0.1, 0.15) is 37.7 Å². The van der Waals surface area contributed by atoms with Crippen molar-refractivity contribution in [1.29, 1.82) is 0 Å². The average Bonchev–Trinajstić information content (AvgIpc) is 2.68. The van der Waals surface area contributed by atoms with Crippen LogP contribution in [0.3, 0.4) is 0 Å². The van der Waals surface area contributed by atoms with Gasteiger partial charge >= 0.3 is 0 Å². The van der Waals surface area contributed by atoms with E-state index in [0.717, 1.165) is 48.0 Å². The average molecular weight is 437 g/mol. The van der Waals surface area contributed by atoms with E-state index >= 15 is 0 Å². The fraction of sp³-hybridized carbons (Fsp3) is 0.381. The normalized spacial score (nSPS) is 16.1. The summed E-state index contributed by atoms with van der Waals surface area (Å²) >= 11 is 9.80. The van der Waals surface area contributed by atoms with E-state index < -0.39 is 5.41 Å². The summed E-state index contributed by atoms with van der Waals surface area (Å²) in [6.07, 6.45) is 4.90. The second-order valence-electron chi connectivity index (χ2n) is 6.64. The zero-order chi connectivity index (χ0) is 18.4. The molecule has 0 unspecified atom stereocenters. The van der Waals surface area contributed by atoms with E-state index in [0.29, 0.717) is 11.6 Å². The summed E-state index contributed by atoms with van der Waals surface area (Å²) in [5.74, 6) is 0.820. The largest absolute Gasteiger partial charge is 0.493 e. The Morgan fingerprint density at radius 3 is 2.42 bits per heavy atom. The molecule has 1 amide bonds. The molecule has 3 nitrogen and oxygen atoms in total. The molecule has 0 atom stereocenters. The Labute approximate surface area is 168 Å². The van der Waals surface area contributed by atoms with Gasteiger partial charge in [0.25, 0.3) is 0 Å². The first-order valence-electron chi connectivity index (χ1n) is 9.01. The van der Waals surface area contributed by atoms with Gasteiger partial charge in [-0.2, -0.15) is 0 Å². The fourth-order valence-corrected chi connectivity index (χ4v) is 4.14. The van der Waals surface area contributed by atoms with Gasteiger partial charge in [-0.1, -0.05) is 65.0 Å². The standard InChI is InChI=1S/C21H23BrClNO2/c22-14-15-26-17-10-8-16(9-11-17)24-20(25)21(12-4-1-5-13-21)18-6-2-3-7-19(18)23/h2-3,6-11H,1,4-5,12-15H2,(H,24,25). The molecule has 1 aliphatic carbocycles. The van der Waals surface area contributed by atoms with E-state index in [-0.39, 0.29) is 5.91 Å². The molecule has 0 saturated heterocycles. The minimum Gasteiger partial charge on any atom is -0.493 e. The molecule has 26 heavy (non-hydrogen) atoms. The van der Waals surface area contributed by atoms with Crippen LogP contribution in [0, 0.1) is 0 Å². The van der Waals surface area contributed by atoms with Crippen LogP contribution in [0.4, 0.5) is 5.69 Å². The van der Waals surface area contributed by atoms with Crippen molar-refractivity contribution < 1.29 is 9.53 Å². The van der Waals surface area contributed by atoms with Crippen LogP contribution in [0.15, 0.2) is 48.5 Å². The fourth-order valence-electron chi connectivity index (χ4n) is 3.67. The number of hydrogen-bond acceptors (Lipinski definition) is 2. The molecule has 0 bridgehead atoms. The summed E-state index contributed by atoms with van der Waals surface area (Å²) in [6.45, 7) is 0.612. The lowest BCUT2D eigenvalue weighted by molar-refractivity contribution is -0.122. The second-order valence-corrected chi connectivity index (χ2v) is 7.84. The monoisotopic (exact) mass is 435 g/mol. The number of benzene rings is 2. The Bertz CT molecular complexity index is 742. The van der Waals surface area contributed by atoms with Crippen LogP contribution in [0.2, 0.25) is 5.02 Å². The molecule has 1 saturated carbocycles. The molecular formula is C21H23BrClNO2. The van der Waals surface area contributed by atoms with E-state index in [1.165, 1.54) is 6.42 Å². The molecule has 0 spiro atoms. The molecule has 0 aliphatic heterocycles. The Hall–Kier alpha value is -1.52. The van der Waals surface area contributed by atoms with Gasteiger partial charge < -0.3 is 10.1 Å². The van der Waals surface area contributed by atoms with Gasteiger partial charge in [-0.25, -0.2) is 0 Å². The molecule has 0 aromatic heterocycles. The number of hydrogen-bond donors (Lipinski definition) is 1. The predicted molar refractivity (Wildman–Crippen MR) is 111 cm³/mol. The van der Waals surface area contributed by atoms with Gasteiger partial charge in [0.15, 0.2) is 0 Å². The molecule has 1 N–H and O–H groups in total. The van der Waals surface area contributed by atoms with Crippen molar-refractivity contribution >= 4 is 39.1 Å². The van der Waals surface area contributed by atoms with Crippen LogP contribution in [-0.4, -0.2) is 17.8 Å². The zero-order valence-corrected chi connectivity index (χ0v) is 17.0. The highest BCUT2D eigenvalue weighted by atomic mass is 79.9. The number of anilines is 1. The van der Waals surface area contributed by atoms with Gasteiger partial charge in [-0.15, -0.1) is 0 Å². The maximum Gasteiger partial charge on any atom is 0.235 e. The lowest BCUT2D eigenvalue weighted by Crippen LogP contribution is -2.42. The Morgan fingerprint density at radius 1 is 1.08 bits per heavy atom. The summed E-state index contributed by atoms with van der Waals surface area (Å²) in [7, 11) is 0. The maximum absolute atomic E-state index is 13.3. The number of carbonyl (C=O) groups excluding carboxylic acids is 1. The van der Waals surface area contributed by atoms with Crippen molar-refractivity contribution in [3.63, 3.8) is 0 Å². The smallest absolute Gasteiger partial charge is 0.235 e. The first-order chi connectivity index (χ1) is 12.7.